The third-order valence-electron chi connectivity index (χ3n) is 8.50. The van der Waals surface area contributed by atoms with E-state index < -0.39 is 15.9 Å². The van der Waals surface area contributed by atoms with Crippen LogP contribution in [0.4, 0.5) is 5.69 Å². The van der Waals surface area contributed by atoms with Gasteiger partial charge in [0, 0.05) is 37.6 Å². The fraction of sp³-hybridized carbons (Fsp3) is 0.516. The number of ether oxygens (including phenoxy) is 2. The van der Waals surface area contributed by atoms with Crippen LogP contribution in [0, 0.1) is 11.8 Å². The molecule has 2 aromatic carbocycles. The number of hydrogen-bond acceptors (Lipinski definition) is 6. The second-order valence-electron chi connectivity index (χ2n) is 11.2. The van der Waals surface area contributed by atoms with Gasteiger partial charge in [-0.2, -0.15) is 0 Å². The average Bonchev–Trinajstić information content (AvgIpc) is 3.08. The minimum atomic E-state index is -4.01. The highest BCUT2D eigenvalue weighted by atomic mass is 35.5. The number of carbonyl (C=O) groups excluding carboxylic acids is 1. The number of benzene rings is 2. The summed E-state index contributed by atoms with van der Waals surface area (Å²) in [5.41, 5.74) is 3.18. The van der Waals surface area contributed by atoms with Gasteiger partial charge in [-0.25, -0.2) is 13.1 Å². The Bertz CT molecular complexity index is 1360. The van der Waals surface area contributed by atoms with Crippen LogP contribution in [0.15, 0.2) is 53.4 Å². The second-order valence-corrected chi connectivity index (χ2v) is 13.3. The van der Waals surface area contributed by atoms with Crippen LogP contribution in [0.1, 0.15) is 62.5 Å². The van der Waals surface area contributed by atoms with Crippen molar-refractivity contribution in [2.24, 2.45) is 11.8 Å². The predicted molar refractivity (Wildman–Crippen MR) is 158 cm³/mol. The highest BCUT2D eigenvalue weighted by Gasteiger charge is 2.39. The summed E-state index contributed by atoms with van der Waals surface area (Å²) in [7, 11) is -2.26. The van der Waals surface area contributed by atoms with Gasteiger partial charge in [-0.3, -0.25) is 4.79 Å². The van der Waals surface area contributed by atoms with Crippen LogP contribution in [-0.2, 0) is 26.0 Å². The SMILES string of the molecule is CCCc1cc(Cl)ccc1[C@@H]1COc2ccc3cc2N(C1)C[C@@H]1CC[C@H]1[C@@H](OC)C=CCCCC(=O)NS3(=O)=O. The van der Waals surface area contributed by atoms with Crippen LogP contribution >= 0.6 is 11.6 Å². The lowest BCUT2D eigenvalue weighted by Gasteiger charge is -2.43. The number of aryl methyl sites for hydroxylation is 1. The summed E-state index contributed by atoms with van der Waals surface area (Å²) >= 11 is 6.37. The van der Waals surface area contributed by atoms with Crippen molar-refractivity contribution in [3.8, 4) is 5.75 Å². The van der Waals surface area contributed by atoms with Crippen LogP contribution < -0.4 is 14.4 Å². The molecule has 2 aliphatic heterocycles. The van der Waals surface area contributed by atoms with E-state index >= 15 is 0 Å². The Balaban J connectivity index is 1.55. The second kappa shape index (κ2) is 12.5. The van der Waals surface area contributed by atoms with Crippen molar-refractivity contribution in [1.29, 1.82) is 0 Å². The Hall–Kier alpha value is -2.55. The zero-order valence-corrected chi connectivity index (χ0v) is 24.8. The number of hydrogen-bond donors (Lipinski definition) is 1. The molecule has 0 saturated heterocycles. The van der Waals surface area contributed by atoms with Crippen molar-refractivity contribution in [3.05, 3.63) is 64.7 Å². The van der Waals surface area contributed by atoms with Crippen LogP contribution in [0.5, 0.6) is 5.75 Å². The van der Waals surface area contributed by atoms with Gasteiger partial charge in [-0.15, -0.1) is 0 Å². The average molecular weight is 587 g/mol. The number of methoxy groups -OCH3 is 1. The summed E-state index contributed by atoms with van der Waals surface area (Å²) in [4.78, 5) is 14.8. The summed E-state index contributed by atoms with van der Waals surface area (Å²) in [5.74, 6) is 1.00. The predicted octanol–water partition coefficient (Wildman–Crippen LogP) is 5.86. The van der Waals surface area contributed by atoms with Crippen LogP contribution in [0.2, 0.25) is 5.02 Å². The van der Waals surface area contributed by atoms with Gasteiger partial charge in [-0.1, -0.05) is 43.2 Å². The van der Waals surface area contributed by atoms with E-state index in [-0.39, 0.29) is 23.3 Å². The Kier molecular flexibility index (Phi) is 9.08. The maximum absolute atomic E-state index is 13.2. The number of fused-ring (bicyclic) bond motifs is 2. The molecule has 4 atom stereocenters. The van der Waals surface area contributed by atoms with Gasteiger partial charge < -0.3 is 14.4 Å². The molecule has 2 aromatic rings. The Morgan fingerprint density at radius 1 is 1.15 bits per heavy atom. The fourth-order valence-electron chi connectivity index (χ4n) is 6.26. The molecule has 1 aliphatic carbocycles. The van der Waals surface area contributed by atoms with Gasteiger partial charge >= 0.3 is 0 Å². The van der Waals surface area contributed by atoms with E-state index in [1.165, 1.54) is 17.2 Å². The normalized spacial score (nSPS) is 26.6. The number of nitrogens with one attached hydrogen (secondary N) is 1. The number of rotatable bonds is 4. The van der Waals surface area contributed by atoms with E-state index in [4.69, 9.17) is 21.1 Å². The molecule has 216 valence electrons. The van der Waals surface area contributed by atoms with Crippen molar-refractivity contribution in [3.63, 3.8) is 0 Å². The lowest BCUT2D eigenvalue weighted by molar-refractivity contribution is -0.119. The van der Waals surface area contributed by atoms with E-state index in [1.54, 1.807) is 19.2 Å². The number of allylic oxidation sites excluding steroid dienone is 1. The highest BCUT2D eigenvalue weighted by molar-refractivity contribution is 7.90. The molecule has 1 N–H and O–H groups in total. The molecule has 1 fully saturated rings. The van der Waals surface area contributed by atoms with E-state index in [0.717, 1.165) is 42.9 Å². The fourth-order valence-corrected chi connectivity index (χ4v) is 7.49. The Morgan fingerprint density at radius 2 is 2.00 bits per heavy atom. The van der Waals surface area contributed by atoms with Gasteiger partial charge in [0.1, 0.15) is 5.75 Å². The summed E-state index contributed by atoms with van der Waals surface area (Å²) < 4.78 is 40.9. The topological polar surface area (TPSA) is 84.9 Å². The molecule has 1 saturated carbocycles. The molecule has 0 radical (unpaired) electrons. The van der Waals surface area contributed by atoms with Gasteiger partial charge in [0.25, 0.3) is 10.0 Å². The molecule has 40 heavy (non-hydrogen) atoms. The lowest BCUT2D eigenvalue weighted by atomic mass is 9.70. The first-order chi connectivity index (χ1) is 19.3. The number of amides is 1. The molecule has 7 nitrogen and oxygen atoms in total. The summed E-state index contributed by atoms with van der Waals surface area (Å²) in [5, 5.41) is 0.725. The van der Waals surface area contributed by atoms with Crippen molar-refractivity contribution in [1.82, 2.24) is 4.72 Å². The molecule has 3 aliphatic rings. The molecular formula is C31H39ClN2O5S. The molecule has 9 heteroatoms. The van der Waals surface area contributed by atoms with E-state index in [0.29, 0.717) is 43.6 Å². The standard InChI is InChI=1S/C31H39ClN2O5S/c1-3-7-21-16-24(32)11-14-26(21)23-19-34-18-22-10-13-27(22)29(38-2)8-5-4-6-9-31(35)33-40(36,37)25-12-15-30(39-20-23)28(34)17-25/h5,8,11-12,14-17,22-23,27,29H,3-4,6-7,9-10,13,18-20H2,1-2H3,(H,33,35)/t22-,23-,27+,29-/m0/s1. The first kappa shape index (κ1) is 29.0. The summed E-state index contributed by atoms with van der Waals surface area (Å²) in [6, 6.07) is 11.0. The van der Waals surface area contributed by atoms with Crippen LogP contribution in [0.25, 0.3) is 0 Å². The largest absolute Gasteiger partial charge is 0.491 e. The Labute approximate surface area is 242 Å². The smallest absolute Gasteiger partial charge is 0.264 e. The maximum atomic E-state index is 13.2. The molecule has 0 spiro atoms. The molecule has 2 heterocycles. The quantitative estimate of drug-likeness (QED) is 0.452. The lowest BCUT2D eigenvalue weighted by Crippen LogP contribution is -2.44. The number of halogens is 1. The third-order valence-corrected chi connectivity index (χ3v) is 10.1. The summed E-state index contributed by atoms with van der Waals surface area (Å²) in [6.45, 7) is 4.07. The van der Waals surface area contributed by atoms with Gasteiger partial charge in [0.15, 0.2) is 0 Å². The number of nitrogens with zero attached hydrogens (tertiary/aromatic N) is 1. The van der Waals surface area contributed by atoms with Crippen molar-refractivity contribution in [2.75, 3.05) is 31.7 Å². The van der Waals surface area contributed by atoms with E-state index in [1.807, 2.05) is 6.07 Å². The maximum Gasteiger partial charge on any atom is 0.264 e. The van der Waals surface area contributed by atoms with Crippen molar-refractivity contribution < 1.29 is 22.7 Å². The number of carbonyl (C=O) groups is 1. The first-order valence-corrected chi connectivity index (χ1v) is 16.2. The van der Waals surface area contributed by atoms with Crippen LogP contribution in [-0.4, -0.2) is 47.2 Å². The van der Waals surface area contributed by atoms with E-state index in [9.17, 15) is 13.2 Å². The van der Waals surface area contributed by atoms with Crippen molar-refractivity contribution >= 4 is 33.2 Å². The Morgan fingerprint density at radius 3 is 2.75 bits per heavy atom. The zero-order chi connectivity index (χ0) is 28.3. The zero-order valence-electron chi connectivity index (χ0n) is 23.3. The van der Waals surface area contributed by atoms with E-state index in [2.05, 4.69) is 40.8 Å². The molecule has 5 rings (SSSR count). The molecule has 1 amide bonds. The van der Waals surface area contributed by atoms with Gasteiger partial charge in [-0.05, 0) is 85.4 Å². The minimum Gasteiger partial charge on any atom is -0.491 e. The monoisotopic (exact) mass is 586 g/mol. The molecule has 0 aromatic heterocycles. The molecule has 0 unspecified atom stereocenters. The molecular weight excluding hydrogens is 548 g/mol. The number of anilines is 1. The van der Waals surface area contributed by atoms with Gasteiger partial charge in [0.05, 0.1) is 23.3 Å². The minimum absolute atomic E-state index is 0.0121. The van der Waals surface area contributed by atoms with Crippen molar-refractivity contribution in [2.45, 2.75) is 68.8 Å². The van der Waals surface area contributed by atoms with Gasteiger partial charge in [0.2, 0.25) is 5.91 Å². The number of sulfonamides is 1. The van der Waals surface area contributed by atoms with Crippen LogP contribution in [0.3, 0.4) is 0 Å². The first-order valence-electron chi connectivity index (χ1n) is 14.3. The molecule has 2 bridgehead atoms. The third kappa shape index (κ3) is 6.34. The highest BCUT2D eigenvalue weighted by Crippen LogP contribution is 2.43. The summed E-state index contributed by atoms with van der Waals surface area (Å²) in [6.07, 6.45) is 9.69.